The lowest BCUT2D eigenvalue weighted by atomic mass is 10.2. The van der Waals surface area contributed by atoms with E-state index in [1.807, 2.05) is 0 Å². The Bertz CT molecular complexity index is 662. The molecule has 0 bridgehead atoms. The van der Waals surface area contributed by atoms with Gasteiger partial charge in [-0.2, -0.15) is 5.21 Å². The molecule has 0 saturated carbocycles. The maximum atomic E-state index is 11.7. The quantitative estimate of drug-likeness (QED) is 0.458. The summed E-state index contributed by atoms with van der Waals surface area (Å²) >= 11 is 0. The van der Waals surface area contributed by atoms with Crippen LogP contribution in [0.2, 0.25) is 0 Å². The summed E-state index contributed by atoms with van der Waals surface area (Å²) in [6.45, 7) is -0.0581. The van der Waals surface area contributed by atoms with Gasteiger partial charge < -0.3 is 10.3 Å². The van der Waals surface area contributed by atoms with E-state index >= 15 is 0 Å². The van der Waals surface area contributed by atoms with Crippen molar-refractivity contribution in [3.05, 3.63) is 44.1 Å². The van der Waals surface area contributed by atoms with Crippen molar-refractivity contribution in [3.63, 3.8) is 0 Å². The minimum atomic E-state index is -0.769. The first-order valence-corrected chi connectivity index (χ1v) is 4.95. The smallest absolute Gasteiger partial charge is 0.286 e. The molecule has 1 amide bonds. The molecule has 11 nitrogen and oxygen atoms in total. The average Bonchev–Trinajstić information content (AvgIpc) is 2.89. The monoisotopic (exact) mass is 265 g/mol. The number of hydrogen-bond donors (Lipinski definition) is 3. The van der Waals surface area contributed by atoms with Crippen LogP contribution < -0.4 is 10.9 Å². The molecule has 0 radical (unpaired) electrons. The lowest BCUT2D eigenvalue weighted by Crippen LogP contribution is -2.29. The summed E-state index contributed by atoms with van der Waals surface area (Å²) in [5, 5.41) is 25.6. The lowest BCUT2D eigenvalue weighted by molar-refractivity contribution is -0.385. The molecule has 2 heterocycles. The number of aromatic amines is 2. The van der Waals surface area contributed by atoms with E-state index in [1.165, 1.54) is 0 Å². The Hall–Kier alpha value is -3.11. The third-order valence-electron chi connectivity index (χ3n) is 2.14. The van der Waals surface area contributed by atoms with E-state index in [1.54, 1.807) is 0 Å². The van der Waals surface area contributed by atoms with Crippen molar-refractivity contribution in [2.75, 3.05) is 0 Å². The summed E-state index contributed by atoms with van der Waals surface area (Å²) in [4.78, 5) is 35.1. The zero-order valence-electron chi connectivity index (χ0n) is 9.28. The minimum absolute atomic E-state index is 0.0581. The molecule has 2 aromatic rings. The number of nitro groups is 1. The van der Waals surface area contributed by atoms with Crippen molar-refractivity contribution in [2.24, 2.45) is 0 Å². The third-order valence-corrected chi connectivity index (χ3v) is 2.14. The van der Waals surface area contributed by atoms with Crippen LogP contribution >= 0.6 is 0 Å². The number of pyridine rings is 1. The van der Waals surface area contributed by atoms with Gasteiger partial charge in [-0.05, 0) is 0 Å². The Balaban J connectivity index is 2.16. The van der Waals surface area contributed by atoms with Crippen LogP contribution in [0.5, 0.6) is 0 Å². The molecule has 0 atom stereocenters. The molecular weight excluding hydrogens is 258 g/mol. The van der Waals surface area contributed by atoms with Crippen molar-refractivity contribution in [2.45, 2.75) is 6.54 Å². The maximum absolute atomic E-state index is 11.7. The first kappa shape index (κ1) is 12.3. The highest BCUT2D eigenvalue weighted by molar-refractivity contribution is 5.94. The van der Waals surface area contributed by atoms with Crippen molar-refractivity contribution >= 4 is 11.6 Å². The number of tetrazole rings is 1. The molecule has 0 fully saturated rings. The number of rotatable bonds is 4. The van der Waals surface area contributed by atoms with E-state index in [4.69, 9.17) is 0 Å². The normalized spacial score (nSPS) is 10.1. The van der Waals surface area contributed by atoms with E-state index in [9.17, 15) is 19.7 Å². The fourth-order valence-electron chi connectivity index (χ4n) is 1.26. The largest absolute Gasteiger partial charge is 0.344 e. The Morgan fingerprint density at radius 2 is 2.32 bits per heavy atom. The van der Waals surface area contributed by atoms with Gasteiger partial charge >= 0.3 is 0 Å². The standard InChI is InChI=1S/C8H7N7O4/c16-7-5(1-4(2-9-7)15(18)19)8(17)10-3-6-11-13-14-12-6/h1-2H,3H2,(H,9,16)(H,10,17)(H,11,12,13,14). The number of H-pyrrole nitrogens is 2. The Labute approximate surface area is 104 Å². The molecule has 0 saturated heterocycles. The van der Waals surface area contributed by atoms with Gasteiger partial charge in [-0.15, -0.1) is 10.2 Å². The molecule has 0 spiro atoms. The van der Waals surface area contributed by atoms with Crippen molar-refractivity contribution in [1.82, 2.24) is 30.9 Å². The molecule has 11 heteroatoms. The number of nitrogens with zero attached hydrogens (tertiary/aromatic N) is 4. The van der Waals surface area contributed by atoms with Crippen LogP contribution in [0.4, 0.5) is 5.69 Å². The molecule has 19 heavy (non-hydrogen) atoms. The van der Waals surface area contributed by atoms with Crippen LogP contribution in [0, 0.1) is 10.1 Å². The first-order chi connectivity index (χ1) is 9.08. The number of amides is 1. The molecule has 3 N–H and O–H groups in total. The van der Waals surface area contributed by atoms with Gasteiger partial charge in [0.2, 0.25) is 0 Å². The zero-order chi connectivity index (χ0) is 13.8. The van der Waals surface area contributed by atoms with Crippen LogP contribution in [0.25, 0.3) is 0 Å². The molecule has 2 aromatic heterocycles. The minimum Gasteiger partial charge on any atom is -0.344 e. The molecule has 0 aliphatic rings. The van der Waals surface area contributed by atoms with E-state index in [0.29, 0.717) is 0 Å². The summed E-state index contributed by atoms with van der Waals surface area (Å²) < 4.78 is 0. The first-order valence-electron chi connectivity index (χ1n) is 4.95. The van der Waals surface area contributed by atoms with Gasteiger partial charge in [-0.3, -0.25) is 19.7 Å². The van der Waals surface area contributed by atoms with Gasteiger partial charge in [0, 0.05) is 6.07 Å². The van der Waals surface area contributed by atoms with E-state index in [2.05, 4.69) is 30.9 Å². The SMILES string of the molecule is O=C(NCc1nn[nH]n1)c1cc([N+](=O)[O-])c[nH]c1=O. The highest BCUT2D eigenvalue weighted by Gasteiger charge is 2.16. The van der Waals surface area contributed by atoms with Crippen LogP contribution in [-0.4, -0.2) is 36.4 Å². The summed E-state index contributed by atoms with van der Waals surface area (Å²) in [5.41, 5.74) is -1.47. The zero-order valence-corrected chi connectivity index (χ0v) is 9.28. The second-order valence-electron chi connectivity index (χ2n) is 3.37. The van der Waals surface area contributed by atoms with Crippen molar-refractivity contribution < 1.29 is 9.72 Å². The predicted octanol–water partition coefficient (Wildman–Crippen LogP) is -1.27. The summed E-state index contributed by atoms with van der Waals surface area (Å²) in [5.74, 6) is -0.551. The van der Waals surface area contributed by atoms with E-state index in [-0.39, 0.29) is 23.6 Å². The Morgan fingerprint density at radius 3 is 2.95 bits per heavy atom. The van der Waals surface area contributed by atoms with Gasteiger partial charge in [0.15, 0.2) is 5.82 Å². The second kappa shape index (κ2) is 5.03. The Morgan fingerprint density at radius 1 is 1.53 bits per heavy atom. The topological polar surface area (TPSA) is 160 Å². The average molecular weight is 265 g/mol. The summed E-state index contributed by atoms with van der Waals surface area (Å²) in [6.07, 6.45) is 0.915. The van der Waals surface area contributed by atoms with Crippen LogP contribution in [-0.2, 0) is 6.54 Å². The Kier molecular flexibility index (Phi) is 3.27. The maximum Gasteiger partial charge on any atom is 0.286 e. The molecule has 98 valence electrons. The number of hydrogen-bond acceptors (Lipinski definition) is 7. The second-order valence-corrected chi connectivity index (χ2v) is 3.37. The third kappa shape index (κ3) is 2.77. The van der Waals surface area contributed by atoms with Gasteiger partial charge in [-0.25, -0.2) is 0 Å². The fourth-order valence-corrected chi connectivity index (χ4v) is 1.26. The van der Waals surface area contributed by atoms with Gasteiger partial charge in [0.1, 0.15) is 5.56 Å². The van der Waals surface area contributed by atoms with E-state index < -0.39 is 16.4 Å². The molecular formula is C8H7N7O4. The van der Waals surface area contributed by atoms with Crippen LogP contribution in [0.15, 0.2) is 17.1 Å². The van der Waals surface area contributed by atoms with E-state index in [0.717, 1.165) is 12.3 Å². The molecule has 0 aromatic carbocycles. The van der Waals surface area contributed by atoms with Gasteiger partial charge in [-0.1, -0.05) is 5.21 Å². The van der Waals surface area contributed by atoms with Crippen molar-refractivity contribution in [3.8, 4) is 0 Å². The van der Waals surface area contributed by atoms with Gasteiger partial charge in [0.25, 0.3) is 17.2 Å². The number of carbonyl (C=O) groups excluding carboxylic acids is 1. The molecule has 0 aliphatic heterocycles. The summed E-state index contributed by atoms with van der Waals surface area (Å²) in [7, 11) is 0. The fraction of sp³-hybridized carbons (Fsp3) is 0.125. The highest BCUT2D eigenvalue weighted by atomic mass is 16.6. The number of carbonyl (C=O) groups is 1. The lowest BCUT2D eigenvalue weighted by Gasteiger charge is -2.01. The van der Waals surface area contributed by atoms with Crippen molar-refractivity contribution in [1.29, 1.82) is 0 Å². The highest BCUT2D eigenvalue weighted by Crippen LogP contribution is 2.07. The van der Waals surface area contributed by atoms with Gasteiger partial charge in [0.05, 0.1) is 17.7 Å². The number of aromatic nitrogens is 5. The van der Waals surface area contributed by atoms with Crippen LogP contribution in [0.1, 0.15) is 16.2 Å². The molecule has 0 aliphatic carbocycles. The molecule has 2 rings (SSSR count). The predicted molar refractivity (Wildman–Crippen MR) is 59.1 cm³/mol. The number of nitrogens with one attached hydrogen (secondary N) is 3. The van der Waals surface area contributed by atoms with Crippen LogP contribution in [0.3, 0.4) is 0 Å². The summed E-state index contributed by atoms with van der Waals surface area (Å²) in [6, 6.07) is 0.893. The molecule has 0 unspecified atom stereocenters.